The molecule has 138 valence electrons. The van der Waals surface area contributed by atoms with Crippen LogP contribution in [0.25, 0.3) is 0 Å². The molecule has 0 aromatic carbocycles. The van der Waals surface area contributed by atoms with Gasteiger partial charge in [0.1, 0.15) is 5.82 Å². The molecule has 6 heteroatoms. The SMILES string of the molecule is CC(C)CC1(C(=O)N2CCC[C@@H](c3n[nH]c(=S)n3C3CC3)C2)CCC1. The molecule has 1 aromatic heterocycles. The first kappa shape index (κ1) is 17.3. The molecule has 0 radical (unpaired) electrons. The average molecular weight is 363 g/mol. The predicted octanol–water partition coefficient (Wildman–Crippen LogP) is 4.20. The van der Waals surface area contributed by atoms with E-state index in [0.29, 0.717) is 23.8 Å². The molecule has 25 heavy (non-hydrogen) atoms. The Hall–Kier alpha value is -1.17. The van der Waals surface area contributed by atoms with Gasteiger partial charge in [0, 0.05) is 30.5 Å². The highest BCUT2D eigenvalue weighted by atomic mass is 32.1. The predicted molar refractivity (Wildman–Crippen MR) is 100.0 cm³/mol. The van der Waals surface area contributed by atoms with Crippen LogP contribution in [0.15, 0.2) is 0 Å². The number of rotatable bonds is 5. The van der Waals surface area contributed by atoms with Crippen LogP contribution in [0, 0.1) is 16.1 Å². The molecule has 4 rings (SSSR count). The van der Waals surface area contributed by atoms with Crippen LogP contribution in [0.2, 0.25) is 0 Å². The first-order valence-electron chi connectivity index (χ1n) is 9.96. The van der Waals surface area contributed by atoms with Crippen molar-refractivity contribution in [3.63, 3.8) is 0 Å². The summed E-state index contributed by atoms with van der Waals surface area (Å²) in [6.45, 7) is 6.19. The molecule has 2 aliphatic carbocycles. The third-order valence-electron chi connectivity index (χ3n) is 6.28. The number of hydrogen-bond donors (Lipinski definition) is 1. The van der Waals surface area contributed by atoms with E-state index in [2.05, 4.69) is 33.5 Å². The van der Waals surface area contributed by atoms with Gasteiger partial charge in [-0.2, -0.15) is 5.10 Å². The quantitative estimate of drug-likeness (QED) is 0.799. The number of carbonyl (C=O) groups is 1. The summed E-state index contributed by atoms with van der Waals surface area (Å²) in [5.74, 6) is 2.39. The van der Waals surface area contributed by atoms with E-state index in [-0.39, 0.29) is 5.41 Å². The number of piperidine rings is 1. The highest BCUT2D eigenvalue weighted by Crippen LogP contribution is 2.48. The molecule has 0 bridgehead atoms. The average Bonchev–Trinajstić information content (AvgIpc) is 3.32. The van der Waals surface area contributed by atoms with E-state index in [1.165, 1.54) is 19.3 Å². The topological polar surface area (TPSA) is 53.9 Å². The first-order valence-corrected chi connectivity index (χ1v) is 10.4. The fourth-order valence-corrected chi connectivity index (χ4v) is 5.18. The molecule has 0 spiro atoms. The van der Waals surface area contributed by atoms with Gasteiger partial charge in [-0.1, -0.05) is 20.3 Å². The van der Waals surface area contributed by atoms with Gasteiger partial charge in [-0.05, 0) is 63.1 Å². The number of aromatic nitrogens is 3. The van der Waals surface area contributed by atoms with Crippen molar-refractivity contribution in [3.8, 4) is 0 Å². The third kappa shape index (κ3) is 3.18. The van der Waals surface area contributed by atoms with Crippen LogP contribution >= 0.6 is 12.2 Å². The molecule has 1 saturated heterocycles. The molecule has 1 amide bonds. The first-order chi connectivity index (χ1) is 12.0. The molecule has 1 aliphatic heterocycles. The van der Waals surface area contributed by atoms with Crippen LogP contribution in [0.4, 0.5) is 0 Å². The summed E-state index contributed by atoms with van der Waals surface area (Å²) in [5, 5.41) is 7.54. The van der Waals surface area contributed by atoms with Gasteiger partial charge in [0.15, 0.2) is 4.77 Å². The number of nitrogens with zero attached hydrogens (tertiary/aromatic N) is 3. The van der Waals surface area contributed by atoms with Crippen molar-refractivity contribution in [1.29, 1.82) is 0 Å². The molecule has 0 unspecified atom stereocenters. The molecule has 1 atom stereocenters. The lowest BCUT2D eigenvalue weighted by Gasteiger charge is -2.46. The maximum absolute atomic E-state index is 13.3. The molecule has 3 fully saturated rings. The molecule has 3 aliphatic rings. The van der Waals surface area contributed by atoms with E-state index in [1.807, 2.05) is 0 Å². The van der Waals surface area contributed by atoms with E-state index >= 15 is 0 Å². The van der Waals surface area contributed by atoms with E-state index in [1.54, 1.807) is 0 Å². The Morgan fingerprint density at radius 2 is 2.08 bits per heavy atom. The van der Waals surface area contributed by atoms with E-state index < -0.39 is 0 Å². The van der Waals surface area contributed by atoms with E-state index in [4.69, 9.17) is 12.2 Å². The Kier molecular flexibility index (Phi) is 4.50. The molecular weight excluding hydrogens is 332 g/mol. The lowest BCUT2D eigenvalue weighted by molar-refractivity contribution is -0.150. The summed E-state index contributed by atoms with van der Waals surface area (Å²) >= 11 is 5.44. The molecule has 2 saturated carbocycles. The minimum atomic E-state index is -0.0722. The Morgan fingerprint density at radius 1 is 1.32 bits per heavy atom. The highest BCUT2D eigenvalue weighted by Gasteiger charge is 2.47. The monoisotopic (exact) mass is 362 g/mol. The zero-order valence-corrected chi connectivity index (χ0v) is 16.3. The smallest absolute Gasteiger partial charge is 0.228 e. The Bertz CT molecular complexity index is 699. The number of carbonyl (C=O) groups excluding carboxylic acids is 1. The zero-order chi connectivity index (χ0) is 17.6. The maximum Gasteiger partial charge on any atom is 0.228 e. The number of aromatic amines is 1. The standard InChI is InChI=1S/C19H30N4OS/c1-13(2)11-19(8-4-9-19)17(24)22-10-3-5-14(12-22)16-20-21-18(25)23(16)15-6-7-15/h13-15H,3-12H2,1-2H3,(H,21,25)/t14-/m1/s1. The molecule has 5 nitrogen and oxygen atoms in total. The van der Waals surface area contributed by atoms with Crippen molar-refractivity contribution in [2.45, 2.75) is 77.2 Å². The number of H-pyrrole nitrogens is 1. The third-order valence-corrected chi connectivity index (χ3v) is 6.57. The summed E-state index contributed by atoms with van der Waals surface area (Å²) in [6, 6.07) is 0.534. The summed E-state index contributed by atoms with van der Waals surface area (Å²) in [7, 11) is 0. The maximum atomic E-state index is 13.3. The van der Waals surface area contributed by atoms with E-state index in [9.17, 15) is 4.79 Å². The minimum absolute atomic E-state index is 0.0722. The van der Waals surface area contributed by atoms with Crippen molar-refractivity contribution >= 4 is 18.1 Å². The highest BCUT2D eigenvalue weighted by molar-refractivity contribution is 7.71. The molecule has 2 heterocycles. The van der Waals surface area contributed by atoms with Crippen molar-refractivity contribution in [2.75, 3.05) is 13.1 Å². The number of nitrogens with one attached hydrogen (secondary N) is 1. The number of likely N-dealkylation sites (tertiary alicyclic amines) is 1. The number of hydrogen-bond acceptors (Lipinski definition) is 3. The second kappa shape index (κ2) is 6.53. The second-order valence-corrected chi connectivity index (χ2v) is 9.20. The largest absolute Gasteiger partial charge is 0.341 e. The van der Waals surface area contributed by atoms with Gasteiger partial charge < -0.3 is 9.47 Å². The second-order valence-electron chi connectivity index (χ2n) is 8.81. The fraction of sp³-hybridized carbons (Fsp3) is 0.842. The van der Waals surface area contributed by atoms with Crippen LogP contribution in [-0.4, -0.2) is 38.7 Å². The van der Waals surface area contributed by atoms with Crippen LogP contribution < -0.4 is 0 Å². The Labute approximate surface area is 155 Å². The zero-order valence-electron chi connectivity index (χ0n) is 15.5. The van der Waals surface area contributed by atoms with Gasteiger partial charge in [-0.15, -0.1) is 0 Å². The van der Waals surface area contributed by atoms with Crippen LogP contribution in [0.1, 0.15) is 83.0 Å². The Morgan fingerprint density at radius 3 is 2.68 bits per heavy atom. The lowest BCUT2D eigenvalue weighted by Crippen LogP contribution is -2.51. The van der Waals surface area contributed by atoms with Crippen LogP contribution in [-0.2, 0) is 4.79 Å². The van der Waals surface area contributed by atoms with Crippen LogP contribution in [0.3, 0.4) is 0 Å². The van der Waals surface area contributed by atoms with E-state index in [0.717, 1.165) is 55.8 Å². The van der Waals surface area contributed by atoms with Crippen molar-refractivity contribution in [1.82, 2.24) is 19.7 Å². The summed E-state index contributed by atoms with van der Waals surface area (Å²) in [6.07, 6.45) is 8.97. The van der Waals surface area contributed by atoms with Gasteiger partial charge in [-0.3, -0.25) is 9.89 Å². The van der Waals surface area contributed by atoms with Crippen molar-refractivity contribution in [3.05, 3.63) is 10.6 Å². The minimum Gasteiger partial charge on any atom is -0.341 e. The fourth-order valence-electron chi connectivity index (χ4n) is 4.89. The van der Waals surface area contributed by atoms with Gasteiger partial charge in [0.05, 0.1) is 0 Å². The van der Waals surface area contributed by atoms with Gasteiger partial charge >= 0.3 is 0 Å². The van der Waals surface area contributed by atoms with Crippen molar-refractivity contribution in [2.24, 2.45) is 11.3 Å². The molecular formula is C19H30N4OS. The lowest BCUT2D eigenvalue weighted by atomic mass is 9.63. The number of amides is 1. The summed E-state index contributed by atoms with van der Waals surface area (Å²) in [5.41, 5.74) is -0.0722. The Balaban J connectivity index is 1.51. The van der Waals surface area contributed by atoms with Gasteiger partial charge in [-0.25, -0.2) is 0 Å². The normalized spacial score (nSPS) is 25.9. The van der Waals surface area contributed by atoms with Gasteiger partial charge in [0.25, 0.3) is 0 Å². The molecule has 1 aromatic rings. The van der Waals surface area contributed by atoms with Gasteiger partial charge in [0.2, 0.25) is 5.91 Å². The summed E-state index contributed by atoms with van der Waals surface area (Å²) in [4.78, 5) is 15.5. The van der Waals surface area contributed by atoms with Crippen LogP contribution in [0.5, 0.6) is 0 Å². The molecule has 1 N–H and O–H groups in total. The van der Waals surface area contributed by atoms with Crippen molar-refractivity contribution < 1.29 is 4.79 Å². The summed E-state index contributed by atoms with van der Waals surface area (Å²) < 4.78 is 2.97.